The standard InChI is InChI=1S/C27H34F3N5O2S/c1-34(25-24-15-23(16-27(28,29)30)38-26(24)33-18-32-25)21-5-4-20(14-21)31-17-19-2-6-22(7-3-19)37-13-10-35-8-11-36-12-9-35/h2-3,6-7,15,18,20-21,31H,4-5,8-14,16-17H2,1H3/t20-,21+/m0/s1. The lowest BCUT2D eigenvalue weighted by Gasteiger charge is -2.26. The van der Waals surface area contributed by atoms with Crippen LogP contribution in [0, 0.1) is 0 Å². The first-order valence-corrected chi connectivity index (χ1v) is 13.9. The zero-order valence-corrected chi connectivity index (χ0v) is 22.4. The molecule has 0 bridgehead atoms. The predicted octanol–water partition coefficient (Wildman–Crippen LogP) is 4.65. The molecule has 2 fully saturated rings. The van der Waals surface area contributed by atoms with E-state index in [0.717, 1.165) is 75.7 Å². The number of nitrogens with zero attached hydrogens (tertiary/aromatic N) is 4. The molecule has 5 rings (SSSR count). The summed E-state index contributed by atoms with van der Waals surface area (Å²) in [6.07, 6.45) is -0.744. The highest BCUT2D eigenvalue weighted by Gasteiger charge is 2.31. The number of rotatable bonds is 10. The summed E-state index contributed by atoms with van der Waals surface area (Å²) in [5.74, 6) is 1.59. The number of nitrogens with one attached hydrogen (secondary N) is 1. The minimum absolute atomic E-state index is 0.263. The summed E-state index contributed by atoms with van der Waals surface area (Å²) in [4.78, 5) is 14.0. The van der Waals surface area contributed by atoms with Crippen molar-refractivity contribution >= 4 is 27.4 Å². The van der Waals surface area contributed by atoms with Crippen LogP contribution in [0.15, 0.2) is 36.7 Å². The third-order valence-corrected chi connectivity index (χ3v) is 8.36. The third-order valence-electron chi connectivity index (χ3n) is 7.32. The second kappa shape index (κ2) is 12.1. The number of fused-ring (bicyclic) bond motifs is 1. The van der Waals surface area contributed by atoms with Crippen molar-refractivity contribution in [3.8, 4) is 5.75 Å². The number of ether oxygens (including phenoxy) is 2. The van der Waals surface area contributed by atoms with Crippen LogP contribution in [0.3, 0.4) is 0 Å². The molecule has 3 heterocycles. The first-order chi connectivity index (χ1) is 18.3. The monoisotopic (exact) mass is 549 g/mol. The number of aromatic nitrogens is 2. The topological polar surface area (TPSA) is 62.8 Å². The minimum atomic E-state index is -4.24. The van der Waals surface area contributed by atoms with Crippen molar-refractivity contribution in [3.05, 3.63) is 47.1 Å². The SMILES string of the molecule is CN(c1ncnc2sc(CC(F)(F)F)cc12)[C@@H]1CC[C@H](NCc2ccc(OCCN3CCOCC3)cc2)C1. The van der Waals surface area contributed by atoms with E-state index in [9.17, 15) is 13.2 Å². The van der Waals surface area contributed by atoms with E-state index in [1.165, 1.54) is 11.9 Å². The van der Waals surface area contributed by atoms with Crippen molar-refractivity contribution in [3.63, 3.8) is 0 Å². The lowest BCUT2D eigenvalue weighted by molar-refractivity contribution is -0.126. The van der Waals surface area contributed by atoms with Gasteiger partial charge in [0.1, 0.15) is 29.3 Å². The number of hydrogen-bond acceptors (Lipinski definition) is 8. The summed E-state index contributed by atoms with van der Waals surface area (Å²) >= 11 is 1.09. The normalized spacial score (nSPS) is 20.7. The van der Waals surface area contributed by atoms with E-state index in [-0.39, 0.29) is 10.9 Å². The molecule has 1 aliphatic heterocycles. The molecule has 0 amide bonds. The fraction of sp³-hybridized carbons (Fsp3) is 0.556. The van der Waals surface area contributed by atoms with Crippen molar-refractivity contribution in [2.45, 2.75) is 50.5 Å². The van der Waals surface area contributed by atoms with Crippen molar-refractivity contribution in [2.24, 2.45) is 0 Å². The molecule has 0 radical (unpaired) electrons. The van der Waals surface area contributed by atoms with E-state index in [4.69, 9.17) is 9.47 Å². The van der Waals surface area contributed by atoms with E-state index in [1.54, 1.807) is 6.07 Å². The van der Waals surface area contributed by atoms with Crippen LogP contribution in [0.2, 0.25) is 0 Å². The van der Waals surface area contributed by atoms with Crippen LogP contribution >= 0.6 is 11.3 Å². The van der Waals surface area contributed by atoms with Gasteiger partial charge in [-0.05, 0) is 43.0 Å². The van der Waals surface area contributed by atoms with Gasteiger partial charge in [-0.25, -0.2) is 9.97 Å². The summed E-state index contributed by atoms with van der Waals surface area (Å²) in [5, 5.41) is 4.36. The highest BCUT2D eigenvalue weighted by Crippen LogP contribution is 2.35. The van der Waals surface area contributed by atoms with E-state index in [2.05, 4.69) is 37.2 Å². The molecule has 2 aliphatic rings. The van der Waals surface area contributed by atoms with Crippen LogP contribution in [-0.2, 0) is 17.7 Å². The molecule has 1 saturated carbocycles. The summed E-state index contributed by atoms with van der Waals surface area (Å²) < 4.78 is 49.9. The molecule has 0 unspecified atom stereocenters. The van der Waals surface area contributed by atoms with Crippen LogP contribution in [0.5, 0.6) is 5.75 Å². The molecular weight excluding hydrogens is 515 g/mol. The number of anilines is 1. The Morgan fingerprint density at radius 1 is 1.16 bits per heavy atom. The second-order valence-electron chi connectivity index (χ2n) is 10.0. The molecule has 38 heavy (non-hydrogen) atoms. The second-order valence-corrected chi connectivity index (χ2v) is 11.1. The van der Waals surface area contributed by atoms with Gasteiger partial charge in [0, 0.05) is 50.2 Å². The Balaban J connectivity index is 1.10. The summed E-state index contributed by atoms with van der Waals surface area (Å²) in [6, 6.07) is 10.5. The van der Waals surface area contributed by atoms with Crippen LogP contribution in [0.1, 0.15) is 29.7 Å². The minimum Gasteiger partial charge on any atom is -0.492 e. The van der Waals surface area contributed by atoms with Crippen molar-refractivity contribution < 1.29 is 22.6 Å². The quantitative estimate of drug-likeness (QED) is 0.395. The maximum atomic E-state index is 12.9. The molecule has 1 aromatic carbocycles. The Morgan fingerprint density at radius 3 is 2.71 bits per heavy atom. The Labute approximate surface area is 225 Å². The molecule has 3 aromatic rings. The van der Waals surface area contributed by atoms with Gasteiger partial charge in [-0.1, -0.05) is 12.1 Å². The number of thiophene rings is 1. The molecule has 1 saturated heterocycles. The Bertz CT molecular complexity index is 1180. The van der Waals surface area contributed by atoms with Gasteiger partial charge in [-0.3, -0.25) is 4.90 Å². The van der Waals surface area contributed by atoms with Crippen molar-refractivity contribution in [1.82, 2.24) is 20.2 Å². The molecule has 1 aliphatic carbocycles. The maximum absolute atomic E-state index is 12.9. The van der Waals surface area contributed by atoms with Gasteiger partial charge in [0.15, 0.2) is 0 Å². The van der Waals surface area contributed by atoms with Gasteiger partial charge in [0.2, 0.25) is 0 Å². The average Bonchev–Trinajstić information content (AvgIpc) is 3.54. The van der Waals surface area contributed by atoms with Gasteiger partial charge in [-0.15, -0.1) is 11.3 Å². The third kappa shape index (κ3) is 7.13. The summed E-state index contributed by atoms with van der Waals surface area (Å²) in [6.45, 7) is 5.88. The molecule has 2 aromatic heterocycles. The van der Waals surface area contributed by atoms with Crippen LogP contribution in [-0.4, -0.2) is 79.6 Å². The summed E-state index contributed by atoms with van der Waals surface area (Å²) in [7, 11) is 1.98. The Kier molecular flexibility index (Phi) is 8.67. The lowest BCUT2D eigenvalue weighted by atomic mass is 10.1. The molecule has 0 spiro atoms. The first-order valence-electron chi connectivity index (χ1n) is 13.1. The van der Waals surface area contributed by atoms with E-state index in [1.807, 2.05) is 19.2 Å². The maximum Gasteiger partial charge on any atom is 0.393 e. The van der Waals surface area contributed by atoms with E-state index < -0.39 is 12.6 Å². The number of benzene rings is 1. The van der Waals surface area contributed by atoms with Crippen LogP contribution < -0.4 is 15.0 Å². The van der Waals surface area contributed by atoms with Gasteiger partial charge < -0.3 is 19.7 Å². The zero-order valence-electron chi connectivity index (χ0n) is 21.5. The highest BCUT2D eigenvalue weighted by atomic mass is 32.1. The summed E-state index contributed by atoms with van der Waals surface area (Å²) in [5.41, 5.74) is 1.20. The molecule has 11 heteroatoms. The highest BCUT2D eigenvalue weighted by molar-refractivity contribution is 7.18. The van der Waals surface area contributed by atoms with E-state index >= 15 is 0 Å². The van der Waals surface area contributed by atoms with Gasteiger partial charge in [0.25, 0.3) is 0 Å². The molecule has 206 valence electrons. The fourth-order valence-corrected chi connectivity index (χ4v) is 6.23. The van der Waals surface area contributed by atoms with E-state index in [0.29, 0.717) is 28.7 Å². The number of morpholine rings is 1. The predicted molar refractivity (Wildman–Crippen MR) is 143 cm³/mol. The van der Waals surface area contributed by atoms with Crippen LogP contribution in [0.25, 0.3) is 10.2 Å². The fourth-order valence-electron chi connectivity index (χ4n) is 5.21. The smallest absolute Gasteiger partial charge is 0.393 e. The van der Waals surface area contributed by atoms with Gasteiger partial charge in [0.05, 0.1) is 25.0 Å². The van der Waals surface area contributed by atoms with Crippen molar-refractivity contribution in [2.75, 3.05) is 51.4 Å². The van der Waals surface area contributed by atoms with Gasteiger partial charge >= 0.3 is 6.18 Å². The van der Waals surface area contributed by atoms with Crippen LogP contribution in [0.4, 0.5) is 19.0 Å². The number of alkyl halides is 3. The van der Waals surface area contributed by atoms with Crippen molar-refractivity contribution in [1.29, 1.82) is 0 Å². The molecule has 2 atom stereocenters. The van der Waals surface area contributed by atoms with Gasteiger partial charge in [-0.2, -0.15) is 13.2 Å². The lowest BCUT2D eigenvalue weighted by Crippen LogP contribution is -2.38. The average molecular weight is 550 g/mol. The largest absolute Gasteiger partial charge is 0.492 e. The number of halogens is 3. The first kappa shape index (κ1) is 27.1. The number of hydrogen-bond donors (Lipinski definition) is 1. The molecule has 1 N–H and O–H groups in total. The Hall–Kier alpha value is -2.47. The molecular formula is C27H34F3N5O2S. The molecule has 7 nitrogen and oxygen atoms in total. The zero-order chi connectivity index (χ0) is 26.5. The Morgan fingerprint density at radius 2 is 1.95 bits per heavy atom.